The maximum atomic E-state index is 13.2. The van der Waals surface area contributed by atoms with E-state index in [9.17, 15) is 13.2 Å². The molecule has 11 nitrogen and oxygen atoms in total. The van der Waals surface area contributed by atoms with E-state index in [0.717, 1.165) is 16.4 Å². The highest BCUT2D eigenvalue weighted by Crippen LogP contribution is 2.28. The second-order valence-corrected chi connectivity index (χ2v) is 10.8. The van der Waals surface area contributed by atoms with Crippen LogP contribution in [0.15, 0.2) is 46.1 Å². The molecule has 1 aliphatic rings. The zero-order valence-corrected chi connectivity index (χ0v) is 21.7. The van der Waals surface area contributed by atoms with E-state index in [1.54, 1.807) is 37.1 Å². The lowest BCUT2D eigenvalue weighted by molar-refractivity contribution is 0.0613. The van der Waals surface area contributed by atoms with Gasteiger partial charge in [-0.3, -0.25) is 14.7 Å². The molecule has 0 aliphatic carbocycles. The first kappa shape index (κ1) is 25.7. The summed E-state index contributed by atoms with van der Waals surface area (Å²) >= 11 is 0. The largest absolute Gasteiger partial charge is 0.497 e. The van der Waals surface area contributed by atoms with E-state index in [4.69, 9.17) is 9.26 Å². The van der Waals surface area contributed by atoms with Crippen LogP contribution in [-0.2, 0) is 23.1 Å². The molecule has 192 valence electrons. The number of ether oxygens (including phenoxy) is 1. The summed E-state index contributed by atoms with van der Waals surface area (Å²) in [5.74, 6) is 0.222. The van der Waals surface area contributed by atoms with Crippen LogP contribution in [0.4, 0.5) is 0 Å². The normalized spacial score (nSPS) is 14.9. The van der Waals surface area contributed by atoms with Crippen LogP contribution in [0, 0.1) is 13.8 Å². The Hall–Kier alpha value is -3.35. The Morgan fingerprint density at radius 1 is 1.17 bits per heavy atom. The number of pyridine rings is 1. The van der Waals surface area contributed by atoms with E-state index in [1.165, 1.54) is 14.2 Å². The summed E-state index contributed by atoms with van der Waals surface area (Å²) in [6.07, 6.45) is 3.58. The highest BCUT2D eigenvalue weighted by atomic mass is 32.2. The molecule has 0 N–H and O–H groups in total. The number of benzene rings is 1. The Morgan fingerprint density at radius 2 is 1.86 bits per heavy atom. The number of methoxy groups -OCH3 is 1. The molecule has 1 amide bonds. The van der Waals surface area contributed by atoms with E-state index in [2.05, 4.69) is 20.0 Å². The minimum Gasteiger partial charge on any atom is -0.497 e. The van der Waals surface area contributed by atoms with E-state index in [-0.39, 0.29) is 29.1 Å². The minimum absolute atomic E-state index is 0.0449. The van der Waals surface area contributed by atoms with Gasteiger partial charge in [0.05, 0.1) is 18.6 Å². The van der Waals surface area contributed by atoms with Gasteiger partial charge in [0.15, 0.2) is 0 Å². The molecule has 1 aliphatic heterocycles. The standard InChI is InChI=1S/C24H30N6O5S/c1-17-12-20(34-4)13-18(2)22(17)36(32,33)28(3)16-21-26-23(27-35-21)24(31)30-10-8-29(9-11-30)15-19-6-5-7-25-14-19/h5-7,12-14H,8-11,15-16H2,1-4H3. The average molecular weight is 515 g/mol. The fourth-order valence-electron chi connectivity index (χ4n) is 4.27. The van der Waals surface area contributed by atoms with Crippen molar-refractivity contribution in [2.24, 2.45) is 0 Å². The van der Waals surface area contributed by atoms with Crippen LogP contribution < -0.4 is 4.74 Å². The summed E-state index contributed by atoms with van der Waals surface area (Å²) in [7, 11) is -0.873. The lowest BCUT2D eigenvalue weighted by atomic mass is 10.1. The molecule has 0 unspecified atom stereocenters. The number of amides is 1. The highest BCUT2D eigenvalue weighted by molar-refractivity contribution is 7.89. The molecular weight excluding hydrogens is 484 g/mol. The number of carbonyl (C=O) groups excluding carboxylic acids is 1. The minimum atomic E-state index is -3.84. The van der Waals surface area contributed by atoms with Crippen molar-refractivity contribution in [1.82, 2.24) is 29.2 Å². The van der Waals surface area contributed by atoms with Gasteiger partial charge < -0.3 is 14.2 Å². The maximum Gasteiger partial charge on any atom is 0.295 e. The molecule has 2 aromatic heterocycles. The van der Waals surface area contributed by atoms with Crippen LogP contribution in [-0.4, -0.2) is 83.9 Å². The van der Waals surface area contributed by atoms with Gasteiger partial charge >= 0.3 is 0 Å². The second-order valence-electron chi connectivity index (χ2n) is 8.79. The molecule has 1 fully saturated rings. The number of hydrogen-bond acceptors (Lipinski definition) is 9. The number of hydrogen-bond donors (Lipinski definition) is 0. The predicted octanol–water partition coefficient (Wildman–Crippen LogP) is 1.87. The fourth-order valence-corrected chi connectivity index (χ4v) is 5.80. The average Bonchev–Trinajstić information content (AvgIpc) is 3.32. The molecule has 0 atom stereocenters. The number of aryl methyl sites for hydroxylation is 2. The van der Waals surface area contributed by atoms with E-state index in [1.807, 2.05) is 18.3 Å². The fraction of sp³-hybridized carbons (Fsp3) is 0.417. The van der Waals surface area contributed by atoms with E-state index >= 15 is 0 Å². The molecule has 0 bridgehead atoms. The van der Waals surface area contributed by atoms with Crippen LogP contribution in [0.1, 0.15) is 33.2 Å². The second kappa shape index (κ2) is 10.7. The summed E-state index contributed by atoms with van der Waals surface area (Å²) in [4.78, 5) is 25.3. The molecular formula is C24H30N6O5S. The third kappa shape index (κ3) is 5.55. The number of nitrogens with zero attached hydrogens (tertiary/aromatic N) is 6. The summed E-state index contributed by atoms with van der Waals surface area (Å²) in [5, 5.41) is 3.81. The first-order valence-corrected chi connectivity index (χ1v) is 13.0. The van der Waals surface area contributed by atoms with Gasteiger partial charge in [0.1, 0.15) is 5.75 Å². The summed E-state index contributed by atoms with van der Waals surface area (Å²) in [5.41, 5.74) is 2.27. The Bertz CT molecular complexity index is 1300. The van der Waals surface area contributed by atoms with Gasteiger partial charge in [0, 0.05) is 52.2 Å². The number of aromatic nitrogens is 3. The third-order valence-corrected chi connectivity index (χ3v) is 8.25. The molecule has 3 aromatic rings. The monoisotopic (exact) mass is 514 g/mol. The molecule has 0 saturated carbocycles. The molecule has 0 radical (unpaired) electrons. The van der Waals surface area contributed by atoms with Gasteiger partial charge in [-0.05, 0) is 48.7 Å². The predicted molar refractivity (Wildman–Crippen MR) is 131 cm³/mol. The summed E-state index contributed by atoms with van der Waals surface area (Å²) in [6.45, 7) is 6.55. The SMILES string of the molecule is COc1cc(C)c(S(=O)(=O)N(C)Cc2nc(C(=O)N3CCN(Cc4cccnc4)CC3)no2)c(C)c1. The number of piperazine rings is 1. The molecule has 4 rings (SSSR count). The zero-order valence-electron chi connectivity index (χ0n) is 20.8. The molecule has 12 heteroatoms. The lowest BCUT2D eigenvalue weighted by Gasteiger charge is -2.34. The third-order valence-electron chi connectivity index (χ3n) is 6.14. The molecule has 0 spiro atoms. The smallest absolute Gasteiger partial charge is 0.295 e. The molecule has 1 saturated heterocycles. The Balaban J connectivity index is 1.37. The molecule has 36 heavy (non-hydrogen) atoms. The Kier molecular flexibility index (Phi) is 7.67. The number of carbonyl (C=O) groups is 1. The summed E-state index contributed by atoms with van der Waals surface area (Å²) < 4.78 is 38.1. The first-order valence-electron chi connectivity index (χ1n) is 11.5. The van der Waals surface area contributed by atoms with Crippen LogP contribution >= 0.6 is 0 Å². The zero-order chi connectivity index (χ0) is 25.9. The number of sulfonamides is 1. The van der Waals surface area contributed by atoms with Crippen molar-refractivity contribution < 1.29 is 22.5 Å². The lowest BCUT2D eigenvalue weighted by Crippen LogP contribution is -2.48. The van der Waals surface area contributed by atoms with Crippen LogP contribution in [0.2, 0.25) is 0 Å². The number of rotatable bonds is 8. The topological polar surface area (TPSA) is 122 Å². The maximum absolute atomic E-state index is 13.2. The van der Waals surface area contributed by atoms with Gasteiger partial charge in [-0.2, -0.15) is 9.29 Å². The van der Waals surface area contributed by atoms with Crippen molar-refractivity contribution >= 4 is 15.9 Å². The van der Waals surface area contributed by atoms with E-state index < -0.39 is 10.0 Å². The van der Waals surface area contributed by atoms with Crippen molar-refractivity contribution in [2.45, 2.75) is 31.8 Å². The van der Waals surface area contributed by atoms with Gasteiger partial charge in [0.2, 0.25) is 15.9 Å². The van der Waals surface area contributed by atoms with Crippen LogP contribution in [0.3, 0.4) is 0 Å². The van der Waals surface area contributed by atoms with Gasteiger partial charge in [0.25, 0.3) is 11.7 Å². The van der Waals surface area contributed by atoms with Crippen molar-refractivity contribution in [3.63, 3.8) is 0 Å². The van der Waals surface area contributed by atoms with Crippen molar-refractivity contribution in [1.29, 1.82) is 0 Å². The van der Waals surface area contributed by atoms with Crippen molar-refractivity contribution in [3.05, 3.63) is 65.1 Å². The van der Waals surface area contributed by atoms with Crippen LogP contribution in [0.5, 0.6) is 5.75 Å². The van der Waals surface area contributed by atoms with Crippen molar-refractivity contribution in [2.75, 3.05) is 40.3 Å². The van der Waals surface area contributed by atoms with E-state index in [0.29, 0.717) is 43.1 Å². The Morgan fingerprint density at radius 3 is 2.47 bits per heavy atom. The highest BCUT2D eigenvalue weighted by Gasteiger charge is 2.29. The van der Waals surface area contributed by atoms with Crippen molar-refractivity contribution in [3.8, 4) is 5.75 Å². The summed E-state index contributed by atoms with van der Waals surface area (Å²) in [6, 6.07) is 7.28. The first-order chi connectivity index (χ1) is 17.2. The van der Waals surface area contributed by atoms with Gasteiger partial charge in [-0.1, -0.05) is 11.2 Å². The quantitative estimate of drug-likeness (QED) is 0.443. The van der Waals surface area contributed by atoms with Crippen LogP contribution in [0.25, 0.3) is 0 Å². The molecule has 1 aromatic carbocycles. The van der Waals surface area contributed by atoms with Gasteiger partial charge in [-0.15, -0.1) is 0 Å². The Labute approximate surface area is 210 Å². The molecule has 3 heterocycles. The van der Waals surface area contributed by atoms with Gasteiger partial charge in [-0.25, -0.2) is 8.42 Å².